The number of thioether (sulfide) groups is 1. The van der Waals surface area contributed by atoms with E-state index < -0.39 is 17.8 Å². The Morgan fingerprint density at radius 3 is 2.46 bits per heavy atom. The van der Waals surface area contributed by atoms with Gasteiger partial charge in [-0.2, -0.15) is 0 Å². The van der Waals surface area contributed by atoms with Crippen molar-refractivity contribution in [1.29, 1.82) is 0 Å². The van der Waals surface area contributed by atoms with Gasteiger partial charge >= 0.3 is 5.97 Å². The van der Waals surface area contributed by atoms with Gasteiger partial charge in [0.05, 0.1) is 26.1 Å². The van der Waals surface area contributed by atoms with Gasteiger partial charge in [0.2, 0.25) is 6.79 Å². The van der Waals surface area contributed by atoms with Crippen molar-refractivity contribution in [3.05, 3.63) is 77.9 Å². The van der Waals surface area contributed by atoms with Crippen LogP contribution in [-0.4, -0.2) is 39.4 Å². The molecule has 2 aliphatic heterocycles. The summed E-state index contributed by atoms with van der Waals surface area (Å²) in [5.74, 6) is 0.326. The number of benzene rings is 3. The maximum absolute atomic E-state index is 13.7. The molecule has 1 saturated heterocycles. The van der Waals surface area contributed by atoms with E-state index in [2.05, 4.69) is 0 Å². The van der Waals surface area contributed by atoms with Crippen LogP contribution in [0.2, 0.25) is 0 Å². The highest BCUT2D eigenvalue weighted by Gasteiger charge is 2.47. The summed E-state index contributed by atoms with van der Waals surface area (Å²) in [5.41, 5.74) is 1.29. The number of fused-ring (bicyclic) bond motifs is 1. The number of ketones is 1. The molecule has 7 nitrogen and oxygen atoms in total. The van der Waals surface area contributed by atoms with E-state index >= 15 is 0 Å². The van der Waals surface area contributed by atoms with Gasteiger partial charge in [0.15, 0.2) is 28.8 Å². The van der Waals surface area contributed by atoms with Crippen LogP contribution in [0.1, 0.15) is 21.2 Å². The highest BCUT2D eigenvalue weighted by molar-refractivity contribution is 7.99. The van der Waals surface area contributed by atoms with Gasteiger partial charge in [-0.15, -0.1) is 11.8 Å². The number of hydrogen-bond donors (Lipinski definition) is 0. The fraction of sp³-hybridized carbons (Fsp3) is 0.259. The zero-order chi connectivity index (χ0) is 24.4. The monoisotopic (exact) mass is 492 g/mol. The number of ether oxygens (including phenoxy) is 5. The molecule has 3 unspecified atom stereocenters. The number of carbonyl (C=O) groups excluding carboxylic acids is 2. The number of Topliss-reactive ketones (excluding diaryl/α,β-unsaturated/α-hetero) is 1. The molecule has 5 rings (SSSR count). The molecular formula is C27H24O7S. The lowest BCUT2D eigenvalue weighted by Crippen LogP contribution is -2.28. The molecule has 0 radical (unpaired) electrons. The predicted octanol–water partition coefficient (Wildman–Crippen LogP) is 4.94. The second-order valence-electron chi connectivity index (χ2n) is 8.16. The lowest BCUT2D eigenvalue weighted by atomic mass is 9.83. The van der Waals surface area contributed by atoms with E-state index in [1.807, 2.05) is 48.5 Å². The second kappa shape index (κ2) is 9.92. The molecule has 3 aromatic carbocycles. The number of cyclic esters (lactones) is 1. The third kappa shape index (κ3) is 4.53. The van der Waals surface area contributed by atoms with Crippen molar-refractivity contribution in [2.75, 3.05) is 27.6 Å². The van der Waals surface area contributed by atoms with Gasteiger partial charge in [-0.25, -0.2) is 0 Å². The van der Waals surface area contributed by atoms with E-state index in [9.17, 15) is 9.59 Å². The number of carbonyl (C=O) groups is 2. The zero-order valence-corrected chi connectivity index (χ0v) is 20.1. The molecule has 0 saturated carbocycles. The van der Waals surface area contributed by atoms with Crippen molar-refractivity contribution in [1.82, 2.24) is 0 Å². The Labute approximate surface area is 207 Å². The molecule has 35 heavy (non-hydrogen) atoms. The minimum absolute atomic E-state index is 0.0209. The molecule has 3 aromatic rings. The molecular weight excluding hydrogens is 468 g/mol. The molecule has 2 heterocycles. The largest absolute Gasteiger partial charge is 0.493 e. The standard InChI is InChI=1S/C27H24O7S/c1-30-20-10-8-16(12-22(20)31-2)25(28)19-14-32-27(29)24(19)26(35-18-6-4-3-5-7-18)17-9-11-21-23(13-17)34-15-33-21/h3-13,19,24,26H,14-15H2,1-2H3. The van der Waals surface area contributed by atoms with Crippen LogP contribution in [0.3, 0.4) is 0 Å². The van der Waals surface area contributed by atoms with Crippen LogP contribution < -0.4 is 18.9 Å². The van der Waals surface area contributed by atoms with E-state index in [4.69, 9.17) is 23.7 Å². The first kappa shape index (κ1) is 23.1. The topological polar surface area (TPSA) is 80.3 Å². The molecule has 0 aliphatic carbocycles. The molecule has 2 aliphatic rings. The van der Waals surface area contributed by atoms with Crippen molar-refractivity contribution in [2.45, 2.75) is 10.1 Å². The molecule has 8 heteroatoms. The summed E-state index contributed by atoms with van der Waals surface area (Å²) < 4.78 is 27.2. The van der Waals surface area contributed by atoms with Gasteiger partial charge in [-0.1, -0.05) is 24.3 Å². The van der Waals surface area contributed by atoms with E-state index in [1.54, 1.807) is 18.2 Å². The maximum Gasteiger partial charge on any atom is 0.311 e. The lowest BCUT2D eigenvalue weighted by molar-refractivity contribution is -0.141. The highest BCUT2D eigenvalue weighted by Crippen LogP contribution is 2.49. The van der Waals surface area contributed by atoms with Crippen molar-refractivity contribution in [3.8, 4) is 23.0 Å². The van der Waals surface area contributed by atoms with Crippen molar-refractivity contribution in [3.63, 3.8) is 0 Å². The normalized spacial score (nSPS) is 19.2. The third-order valence-electron chi connectivity index (χ3n) is 6.17. The molecule has 0 bridgehead atoms. The Morgan fingerprint density at radius 2 is 1.69 bits per heavy atom. The van der Waals surface area contributed by atoms with Crippen molar-refractivity contribution >= 4 is 23.5 Å². The lowest BCUT2D eigenvalue weighted by Gasteiger charge is -2.25. The number of rotatable bonds is 8. The van der Waals surface area contributed by atoms with E-state index in [0.29, 0.717) is 28.6 Å². The predicted molar refractivity (Wildman–Crippen MR) is 129 cm³/mol. The van der Waals surface area contributed by atoms with Gasteiger partial charge in [-0.3, -0.25) is 9.59 Å². The molecule has 1 fully saturated rings. The van der Waals surface area contributed by atoms with Gasteiger partial charge in [0.25, 0.3) is 0 Å². The minimum Gasteiger partial charge on any atom is -0.493 e. The van der Waals surface area contributed by atoms with Crippen LogP contribution in [-0.2, 0) is 9.53 Å². The summed E-state index contributed by atoms with van der Waals surface area (Å²) in [6.45, 7) is 0.175. The summed E-state index contributed by atoms with van der Waals surface area (Å²) in [7, 11) is 3.05. The molecule has 180 valence electrons. The molecule has 0 aromatic heterocycles. The van der Waals surface area contributed by atoms with Gasteiger partial charge in [0, 0.05) is 15.7 Å². The molecule has 0 amide bonds. The van der Waals surface area contributed by atoms with E-state index in [-0.39, 0.29) is 24.4 Å². The van der Waals surface area contributed by atoms with Crippen molar-refractivity contribution in [2.24, 2.45) is 11.8 Å². The zero-order valence-electron chi connectivity index (χ0n) is 19.3. The smallest absolute Gasteiger partial charge is 0.311 e. The Kier molecular flexibility index (Phi) is 6.55. The summed E-state index contributed by atoms with van der Waals surface area (Å²) >= 11 is 1.52. The third-order valence-corrected chi connectivity index (χ3v) is 7.54. The van der Waals surface area contributed by atoms with Crippen LogP contribution in [0.15, 0.2) is 71.6 Å². The quantitative estimate of drug-likeness (QED) is 0.249. The number of esters is 1. The van der Waals surface area contributed by atoms with E-state index in [0.717, 1.165) is 10.5 Å². The van der Waals surface area contributed by atoms with Crippen molar-refractivity contribution < 1.29 is 33.3 Å². The fourth-order valence-electron chi connectivity index (χ4n) is 4.40. The Bertz CT molecular complexity index is 1240. The van der Waals surface area contributed by atoms with E-state index in [1.165, 1.54) is 26.0 Å². The highest BCUT2D eigenvalue weighted by atomic mass is 32.2. The number of methoxy groups -OCH3 is 2. The molecule has 0 N–H and O–H groups in total. The number of hydrogen-bond acceptors (Lipinski definition) is 8. The van der Waals surface area contributed by atoms with Crippen LogP contribution in [0.5, 0.6) is 23.0 Å². The Balaban J connectivity index is 1.52. The van der Waals surface area contributed by atoms with Gasteiger partial charge in [-0.05, 0) is 48.0 Å². The summed E-state index contributed by atoms with van der Waals surface area (Å²) in [6, 6.07) is 20.4. The average Bonchev–Trinajstić information content (AvgIpc) is 3.53. The molecule has 3 atom stereocenters. The summed E-state index contributed by atoms with van der Waals surface area (Å²) in [6.07, 6.45) is 0. The van der Waals surface area contributed by atoms with Gasteiger partial charge < -0.3 is 23.7 Å². The summed E-state index contributed by atoms with van der Waals surface area (Å²) in [4.78, 5) is 27.7. The Hall–Kier alpha value is -3.65. The average molecular weight is 493 g/mol. The van der Waals surface area contributed by atoms with Gasteiger partial charge in [0.1, 0.15) is 6.61 Å². The first-order valence-corrected chi connectivity index (χ1v) is 12.0. The fourth-order valence-corrected chi connectivity index (χ4v) is 5.74. The van der Waals surface area contributed by atoms with Crippen LogP contribution in [0, 0.1) is 11.8 Å². The van der Waals surface area contributed by atoms with Crippen LogP contribution >= 0.6 is 11.8 Å². The SMILES string of the molecule is COc1ccc(C(=O)C2COC(=O)C2C(Sc2ccccc2)c2ccc3c(c2)OCO3)cc1OC. The van der Waals surface area contributed by atoms with Crippen LogP contribution in [0.25, 0.3) is 0 Å². The van der Waals surface area contributed by atoms with Crippen LogP contribution in [0.4, 0.5) is 0 Å². The first-order chi connectivity index (χ1) is 17.1. The second-order valence-corrected chi connectivity index (χ2v) is 9.38. The molecule has 0 spiro atoms. The Morgan fingerprint density at radius 1 is 0.914 bits per heavy atom. The summed E-state index contributed by atoms with van der Waals surface area (Å²) in [5, 5.41) is -0.379. The minimum atomic E-state index is -0.693. The first-order valence-electron chi connectivity index (χ1n) is 11.1. The maximum atomic E-state index is 13.7.